The van der Waals surface area contributed by atoms with Crippen molar-refractivity contribution in [2.75, 3.05) is 5.32 Å². The number of aromatic hydroxyl groups is 2. The minimum absolute atomic E-state index is 0.00663. The van der Waals surface area contributed by atoms with Gasteiger partial charge in [0.05, 0.1) is 0 Å². The summed E-state index contributed by atoms with van der Waals surface area (Å²) in [5.74, 6) is -1.27. The first-order valence-corrected chi connectivity index (χ1v) is 9.40. The Morgan fingerprint density at radius 1 is 0.645 bits per heavy atom. The van der Waals surface area contributed by atoms with Crippen molar-refractivity contribution < 1.29 is 23.8 Å². The second-order valence-corrected chi connectivity index (χ2v) is 6.93. The number of anilines is 1. The van der Waals surface area contributed by atoms with Gasteiger partial charge in [-0.1, -0.05) is 24.3 Å². The maximum Gasteiger partial charge on any atom is 0.255 e. The lowest BCUT2D eigenvalue weighted by atomic mass is 10.0. The summed E-state index contributed by atoms with van der Waals surface area (Å²) in [4.78, 5) is 12.8. The molecule has 0 saturated heterocycles. The van der Waals surface area contributed by atoms with Crippen LogP contribution in [-0.4, -0.2) is 16.1 Å². The fraction of sp³-hybridized carbons (Fsp3) is 0. The summed E-state index contributed by atoms with van der Waals surface area (Å²) in [6.45, 7) is 0. The van der Waals surface area contributed by atoms with Crippen LogP contribution in [-0.2, 0) is 0 Å². The maximum atomic E-state index is 13.2. The van der Waals surface area contributed by atoms with Gasteiger partial charge in [-0.2, -0.15) is 0 Å². The molecule has 4 aromatic rings. The van der Waals surface area contributed by atoms with Gasteiger partial charge in [0, 0.05) is 22.4 Å². The predicted molar refractivity (Wildman–Crippen MR) is 115 cm³/mol. The molecule has 4 rings (SSSR count). The summed E-state index contributed by atoms with van der Waals surface area (Å²) in [6, 6.07) is 20.2. The molecule has 154 valence electrons. The first-order valence-electron chi connectivity index (χ1n) is 9.40. The second-order valence-electron chi connectivity index (χ2n) is 6.93. The van der Waals surface area contributed by atoms with Crippen LogP contribution in [0.15, 0.2) is 84.9 Å². The monoisotopic (exact) mass is 417 g/mol. The average molecular weight is 417 g/mol. The number of phenolic OH excluding ortho intramolecular Hbond substituents is 2. The lowest BCUT2D eigenvalue weighted by Crippen LogP contribution is -2.12. The highest BCUT2D eigenvalue weighted by Gasteiger charge is 2.13. The molecule has 0 aliphatic carbocycles. The Balaban J connectivity index is 1.61. The summed E-state index contributed by atoms with van der Waals surface area (Å²) >= 11 is 0. The Hall–Kier alpha value is -4.19. The molecule has 0 unspecified atom stereocenters. The third kappa shape index (κ3) is 4.38. The Labute approximate surface area is 177 Å². The third-order valence-electron chi connectivity index (χ3n) is 4.82. The molecule has 0 spiro atoms. The number of hydrogen-bond donors (Lipinski definition) is 3. The summed E-state index contributed by atoms with van der Waals surface area (Å²) < 4.78 is 26.4. The van der Waals surface area contributed by atoms with Crippen LogP contribution in [0.1, 0.15) is 10.4 Å². The van der Waals surface area contributed by atoms with Crippen molar-refractivity contribution in [1.29, 1.82) is 0 Å². The molecule has 0 bridgehead atoms. The number of hydrogen-bond acceptors (Lipinski definition) is 3. The number of carbonyl (C=O) groups excluding carboxylic acids is 1. The molecule has 3 N–H and O–H groups in total. The zero-order valence-electron chi connectivity index (χ0n) is 16.1. The first kappa shape index (κ1) is 20.1. The van der Waals surface area contributed by atoms with E-state index in [0.29, 0.717) is 27.9 Å². The van der Waals surface area contributed by atoms with Crippen molar-refractivity contribution in [3.8, 4) is 33.8 Å². The normalized spacial score (nSPS) is 10.6. The molecule has 0 aromatic heterocycles. The van der Waals surface area contributed by atoms with E-state index in [4.69, 9.17) is 0 Å². The maximum absolute atomic E-state index is 13.2. The quantitative estimate of drug-likeness (QED) is 0.359. The van der Waals surface area contributed by atoms with E-state index < -0.39 is 17.5 Å². The molecule has 0 aliphatic rings. The van der Waals surface area contributed by atoms with E-state index in [1.165, 1.54) is 72.8 Å². The fourth-order valence-corrected chi connectivity index (χ4v) is 3.22. The standard InChI is InChI=1S/C25H17F2NO3/c26-18-6-1-15(2-7-18)21-13-17(5-11-23(21)29)25(31)28-20-10-12-24(30)22(14-20)16-3-8-19(27)9-4-16/h1-14,29-30H,(H,28,31). The van der Waals surface area contributed by atoms with Crippen LogP contribution >= 0.6 is 0 Å². The van der Waals surface area contributed by atoms with Gasteiger partial charge in [0.15, 0.2) is 0 Å². The van der Waals surface area contributed by atoms with E-state index >= 15 is 0 Å². The number of rotatable bonds is 4. The number of carbonyl (C=O) groups is 1. The van der Waals surface area contributed by atoms with Gasteiger partial charge in [-0.25, -0.2) is 8.78 Å². The molecule has 0 saturated carbocycles. The summed E-state index contributed by atoms with van der Waals surface area (Å²) in [5, 5.41) is 23.1. The van der Waals surface area contributed by atoms with Gasteiger partial charge in [-0.15, -0.1) is 0 Å². The van der Waals surface area contributed by atoms with Crippen LogP contribution in [0.5, 0.6) is 11.5 Å². The van der Waals surface area contributed by atoms with Gasteiger partial charge in [0.25, 0.3) is 5.91 Å². The second kappa shape index (κ2) is 8.28. The van der Waals surface area contributed by atoms with E-state index in [2.05, 4.69) is 5.32 Å². The molecule has 0 atom stereocenters. The molecule has 4 nitrogen and oxygen atoms in total. The molecule has 6 heteroatoms. The average Bonchev–Trinajstić information content (AvgIpc) is 2.77. The Bertz CT molecular complexity index is 1250. The fourth-order valence-electron chi connectivity index (χ4n) is 3.22. The Kier molecular flexibility index (Phi) is 5.37. The largest absolute Gasteiger partial charge is 0.507 e. The molecule has 0 fully saturated rings. The minimum Gasteiger partial charge on any atom is -0.507 e. The highest BCUT2D eigenvalue weighted by Crippen LogP contribution is 2.33. The molecular formula is C25H17F2NO3. The van der Waals surface area contributed by atoms with E-state index in [-0.39, 0.29) is 17.1 Å². The number of amides is 1. The zero-order chi connectivity index (χ0) is 22.0. The molecule has 0 radical (unpaired) electrons. The molecule has 31 heavy (non-hydrogen) atoms. The van der Waals surface area contributed by atoms with E-state index in [1.54, 1.807) is 12.1 Å². The number of nitrogens with one attached hydrogen (secondary N) is 1. The van der Waals surface area contributed by atoms with Gasteiger partial charge in [0.1, 0.15) is 23.1 Å². The number of halogens is 2. The Morgan fingerprint density at radius 2 is 1.13 bits per heavy atom. The predicted octanol–water partition coefficient (Wildman–Crippen LogP) is 5.96. The molecule has 0 aliphatic heterocycles. The van der Waals surface area contributed by atoms with Crippen molar-refractivity contribution >= 4 is 11.6 Å². The SMILES string of the molecule is O=C(Nc1ccc(O)c(-c2ccc(F)cc2)c1)c1ccc(O)c(-c2ccc(F)cc2)c1. The van der Waals surface area contributed by atoms with Crippen LogP contribution in [0.3, 0.4) is 0 Å². The van der Waals surface area contributed by atoms with Crippen molar-refractivity contribution in [3.63, 3.8) is 0 Å². The first-order chi connectivity index (χ1) is 14.9. The topological polar surface area (TPSA) is 69.6 Å². The smallest absolute Gasteiger partial charge is 0.255 e. The number of phenols is 2. The lowest BCUT2D eigenvalue weighted by Gasteiger charge is -2.11. The van der Waals surface area contributed by atoms with Gasteiger partial charge in [-0.05, 0) is 71.8 Å². The van der Waals surface area contributed by atoms with Gasteiger partial charge in [-0.3, -0.25) is 4.79 Å². The highest BCUT2D eigenvalue weighted by molar-refractivity contribution is 6.05. The van der Waals surface area contributed by atoms with Gasteiger partial charge >= 0.3 is 0 Å². The van der Waals surface area contributed by atoms with Crippen LogP contribution in [0.4, 0.5) is 14.5 Å². The van der Waals surface area contributed by atoms with Crippen LogP contribution in [0.2, 0.25) is 0 Å². The van der Waals surface area contributed by atoms with Crippen molar-refractivity contribution in [2.24, 2.45) is 0 Å². The highest BCUT2D eigenvalue weighted by atomic mass is 19.1. The third-order valence-corrected chi connectivity index (χ3v) is 4.82. The molecule has 0 heterocycles. The molecule has 4 aromatic carbocycles. The minimum atomic E-state index is -0.431. The summed E-state index contributed by atoms with van der Waals surface area (Å²) in [5.41, 5.74) is 2.71. The van der Waals surface area contributed by atoms with Gasteiger partial charge in [0.2, 0.25) is 0 Å². The molecule has 1 amide bonds. The van der Waals surface area contributed by atoms with Crippen LogP contribution in [0, 0.1) is 11.6 Å². The van der Waals surface area contributed by atoms with Crippen molar-refractivity contribution in [2.45, 2.75) is 0 Å². The molecular weight excluding hydrogens is 400 g/mol. The van der Waals surface area contributed by atoms with Crippen molar-refractivity contribution in [1.82, 2.24) is 0 Å². The van der Waals surface area contributed by atoms with E-state index in [9.17, 15) is 23.8 Å². The van der Waals surface area contributed by atoms with E-state index in [0.717, 1.165) is 0 Å². The Morgan fingerprint density at radius 3 is 1.68 bits per heavy atom. The van der Waals surface area contributed by atoms with E-state index in [1.807, 2.05) is 0 Å². The summed E-state index contributed by atoms with van der Waals surface area (Å²) in [6.07, 6.45) is 0. The van der Waals surface area contributed by atoms with Gasteiger partial charge < -0.3 is 15.5 Å². The van der Waals surface area contributed by atoms with Crippen LogP contribution < -0.4 is 5.32 Å². The number of benzene rings is 4. The van der Waals surface area contributed by atoms with Crippen molar-refractivity contribution in [3.05, 3.63) is 102 Å². The lowest BCUT2D eigenvalue weighted by molar-refractivity contribution is 0.102. The van der Waals surface area contributed by atoms with Crippen LogP contribution in [0.25, 0.3) is 22.3 Å². The summed E-state index contributed by atoms with van der Waals surface area (Å²) in [7, 11) is 0. The zero-order valence-corrected chi connectivity index (χ0v) is 16.1.